The number of rotatable bonds is 4. The summed E-state index contributed by atoms with van der Waals surface area (Å²) in [7, 11) is 1.61. The molecule has 7 heteroatoms. The molecule has 0 unspecified atom stereocenters. The van der Waals surface area contributed by atoms with Gasteiger partial charge >= 0.3 is 6.03 Å². The number of carbonyl (C=O) groups excluding carboxylic acids is 1. The van der Waals surface area contributed by atoms with Gasteiger partial charge in [0.15, 0.2) is 5.65 Å². The number of amides is 2. The van der Waals surface area contributed by atoms with Gasteiger partial charge in [-0.1, -0.05) is 6.07 Å². The van der Waals surface area contributed by atoms with Crippen molar-refractivity contribution in [3.8, 4) is 5.75 Å². The van der Waals surface area contributed by atoms with Gasteiger partial charge in [0.05, 0.1) is 7.11 Å². The zero-order valence-corrected chi connectivity index (χ0v) is 15.6. The molecule has 1 N–H and O–H groups in total. The molecule has 2 aromatic heterocycles. The van der Waals surface area contributed by atoms with Crippen LogP contribution in [0.4, 0.5) is 10.5 Å². The summed E-state index contributed by atoms with van der Waals surface area (Å²) >= 11 is 0. The van der Waals surface area contributed by atoms with Gasteiger partial charge in [0.1, 0.15) is 17.1 Å². The predicted molar refractivity (Wildman–Crippen MR) is 104 cm³/mol. The first-order valence-electron chi connectivity index (χ1n) is 9.20. The Morgan fingerprint density at radius 3 is 3.04 bits per heavy atom. The number of hydrogen-bond donors (Lipinski definition) is 1. The molecule has 0 aliphatic carbocycles. The second kappa shape index (κ2) is 7.26. The minimum absolute atomic E-state index is 0.0944. The van der Waals surface area contributed by atoms with Crippen LogP contribution >= 0.6 is 0 Å². The lowest BCUT2D eigenvalue weighted by molar-refractivity contribution is 0.222. The van der Waals surface area contributed by atoms with Gasteiger partial charge in [0, 0.05) is 43.5 Å². The Labute approximate surface area is 158 Å². The standard InChI is InChI=1S/C20H23N5O2/c1-3-25-18(23-17-8-5-10-21-19(17)25)14-9-11-24(13-14)20(26)22-15-6-4-7-16(12-15)27-2/h4-8,10,12,14H,3,9,11,13H2,1-2H3,(H,22,26)/t14-/m1/s1. The van der Waals surface area contributed by atoms with Crippen molar-refractivity contribution < 1.29 is 9.53 Å². The highest BCUT2D eigenvalue weighted by molar-refractivity contribution is 5.89. The van der Waals surface area contributed by atoms with Gasteiger partial charge in [-0.2, -0.15) is 0 Å². The number of imidazole rings is 1. The van der Waals surface area contributed by atoms with Gasteiger partial charge < -0.3 is 19.5 Å². The van der Waals surface area contributed by atoms with Crippen LogP contribution in [-0.4, -0.2) is 45.7 Å². The van der Waals surface area contributed by atoms with Crippen LogP contribution in [0.15, 0.2) is 42.6 Å². The van der Waals surface area contributed by atoms with E-state index in [0.717, 1.165) is 41.4 Å². The number of fused-ring (bicyclic) bond motifs is 1. The first-order valence-corrected chi connectivity index (χ1v) is 9.20. The van der Waals surface area contributed by atoms with E-state index in [4.69, 9.17) is 9.72 Å². The monoisotopic (exact) mass is 365 g/mol. The summed E-state index contributed by atoms with van der Waals surface area (Å²) in [5.74, 6) is 1.95. The van der Waals surface area contributed by atoms with E-state index in [1.54, 1.807) is 13.3 Å². The number of anilines is 1. The molecular weight excluding hydrogens is 342 g/mol. The summed E-state index contributed by atoms with van der Waals surface area (Å²) < 4.78 is 7.37. The molecule has 0 spiro atoms. The lowest BCUT2D eigenvalue weighted by atomic mass is 10.1. The van der Waals surface area contributed by atoms with Gasteiger partial charge in [-0.05, 0) is 37.6 Å². The number of urea groups is 1. The average Bonchev–Trinajstić information content (AvgIpc) is 3.32. The molecule has 1 atom stereocenters. The van der Waals surface area contributed by atoms with Crippen LogP contribution in [0.5, 0.6) is 5.75 Å². The maximum atomic E-state index is 12.7. The summed E-state index contributed by atoms with van der Waals surface area (Å²) in [5, 5.41) is 2.95. The van der Waals surface area contributed by atoms with Crippen LogP contribution < -0.4 is 10.1 Å². The smallest absolute Gasteiger partial charge is 0.321 e. The number of nitrogens with zero attached hydrogens (tertiary/aromatic N) is 4. The molecule has 1 aliphatic heterocycles. The second-order valence-electron chi connectivity index (χ2n) is 6.65. The third-order valence-electron chi connectivity index (χ3n) is 5.01. The molecule has 0 saturated carbocycles. The molecule has 2 amide bonds. The Balaban J connectivity index is 1.49. The number of methoxy groups -OCH3 is 1. The summed E-state index contributed by atoms with van der Waals surface area (Å²) in [6, 6.07) is 11.2. The van der Waals surface area contributed by atoms with Crippen LogP contribution in [0.3, 0.4) is 0 Å². The van der Waals surface area contributed by atoms with Crippen molar-refractivity contribution in [3.63, 3.8) is 0 Å². The van der Waals surface area contributed by atoms with Crippen LogP contribution in [-0.2, 0) is 6.54 Å². The number of benzene rings is 1. The zero-order valence-electron chi connectivity index (χ0n) is 15.6. The number of ether oxygens (including phenoxy) is 1. The normalized spacial score (nSPS) is 16.7. The molecule has 3 heterocycles. The van der Waals surface area contributed by atoms with E-state index >= 15 is 0 Å². The van der Waals surface area contributed by atoms with E-state index in [1.165, 1.54) is 0 Å². The van der Waals surface area contributed by atoms with Gasteiger partial charge in [-0.3, -0.25) is 0 Å². The third-order valence-corrected chi connectivity index (χ3v) is 5.01. The largest absolute Gasteiger partial charge is 0.497 e. The third kappa shape index (κ3) is 3.32. The van der Waals surface area contributed by atoms with E-state index in [0.29, 0.717) is 13.1 Å². The molecule has 0 radical (unpaired) electrons. The molecule has 1 fully saturated rings. The number of pyridine rings is 1. The molecule has 0 bridgehead atoms. The van der Waals surface area contributed by atoms with Gasteiger partial charge in [-0.15, -0.1) is 0 Å². The minimum Gasteiger partial charge on any atom is -0.497 e. The van der Waals surface area contributed by atoms with Crippen LogP contribution in [0, 0.1) is 0 Å². The number of likely N-dealkylation sites (tertiary alicyclic amines) is 1. The molecule has 140 valence electrons. The first kappa shape index (κ1) is 17.3. The average molecular weight is 365 g/mol. The summed E-state index contributed by atoms with van der Waals surface area (Å²) in [6.45, 7) is 4.27. The van der Waals surface area contributed by atoms with Crippen LogP contribution in [0.2, 0.25) is 0 Å². The lowest BCUT2D eigenvalue weighted by Gasteiger charge is -2.18. The maximum absolute atomic E-state index is 12.7. The van der Waals surface area contributed by atoms with Crippen LogP contribution in [0.1, 0.15) is 25.1 Å². The molecule has 7 nitrogen and oxygen atoms in total. The first-order chi connectivity index (χ1) is 13.2. The molecule has 4 rings (SSSR count). The molecule has 1 saturated heterocycles. The summed E-state index contributed by atoms with van der Waals surface area (Å²) in [4.78, 5) is 23.8. The Morgan fingerprint density at radius 1 is 1.33 bits per heavy atom. The highest BCUT2D eigenvalue weighted by Crippen LogP contribution is 2.29. The summed E-state index contributed by atoms with van der Waals surface area (Å²) in [6.07, 6.45) is 2.69. The fourth-order valence-electron chi connectivity index (χ4n) is 3.66. The fourth-order valence-corrected chi connectivity index (χ4v) is 3.66. The molecule has 1 aromatic carbocycles. The van der Waals surface area contributed by atoms with E-state index < -0.39 is 0 Å². The SMILES string of the molecule is CCn1c([C@@H]2CCN(C(=O)Nc3cccc(OC)c3)C2)nc2cccnc21. The number of aromatic nitrogens is 3. The summed E-state index contributed by atoms with van der Waals surface area (Å²) in [5.41, 5.74) is 2.55. The lowest BCUT2D eigenvalue weighted by Crippen LogP contribution is -2.33. The van der Waals surface area contributed by atoms with Crippen molar-refractivity contribution in [3.05, 3.63) is 48.4 Å². The van der Waals surface area contributed by atoms with Gasteiger partial charge in [0.25, 0.3) is 0 Å². The van der Waals surface area contributed by atoms with Crippen LogP contribution in [0.25, 0.3) is 11.2 Å². The Hall–Kier alpha value is -3.09. The Kier molecular flexibility index (Phi) is 4.66. The topological polar surface area (TPSA) is 72.3 Å². The molecule has 1 aliphatic rings. The zero-order chi connectivity index (χ0) is 18.8. The van der Waals surface area contributed by atoms with Crippen molar-refractivity contribution >= 4 is 22.9 Å². The van der Waals surface area contributed by atoms with E-state index in [9.17, 15) is 4.79 Å². The molecule has 27 heavy (non-hydrogen) atoms. The number of nitrogens with one attached hydrogen (secondary N) is 1. The minimum atomic E-state index is -0.0944. The van der Waals surface area contributed by atoms with Crippen molar-refractivity contribution in [2.24, 2.45) is 0 Å². The second-order valence-corrected chi connectivity index (χ2v) is 6.65. The van der Waals surface area contributed by atoms with E-state index in [1.807, 2.05) is 41.3 Å². The van der Waals surface area contributed by atoms with Crippen molar-refractivity contribution in [2.75, 3.05) is 25.5 Å². The highest BCUT2D eigenvalue weighted by Gasteiger charge is 2.31. The highest BCUT2D eigenvalue weighted by atomic mass is 16.5. The number of carbonyl (C=O) groups is 1. The molecular formula is C20H23N5O2. The quantitative estimate of drug-likeness (QED) is 0.768. The molecule has 3 aromatic rings. The van der Waals surface area contributed by atoms with E-state index in [-0.39, 0.29) is 11.9 Å². The predicted octanol–water partition coefficient (Wildman–Crippen LogP) is 3.48. The van der Waals surface area contributed by atoms with Crippen molar-refractivity contribution in [1.82, 2.24) is 19.4 Å². The van der Waals surface area contributed by atoms with Crippen molar-refractivity contribution in [2.45, 2.75) is 25.8 Å². The Bertz CT molecular complexity index is 968. The Morgan fingerprint density at radius 2 is 2.22 bits per heavy atom. The number of hydrogen-bond acceptors (Lipinski definition) is 4. The van der Waals surface area contributed by atoms with Gasteiger partial charge in [-0.25, -0.2) is 14.8 Å². The van der Waals surface area contributed by atoms with E-state index in [2.05, 4.69) is 21.8 Å². The van der Waals surface area contributed by atoms with Gasteiger partial charge in [0.2, 0.25) is 0 Å². The maximum Gasteiger partial charge on any atom is 0.321 e. The fraction of sp³-hybridized carbons (Fsp3) is 0.350. The number of aryl methyl sites for hydroxylation is 1. The van der Waals surface area contributed by atoms with Crippen molar-refractivity contribution in [1.29, 1.82) is 0 Å².